The van der Waals surface area contributed by atoms with Crippen LogP contribution in [0.5, 0.6) is 0 Å². The van der Waals surface area contributed by atoms with Crippen molar-refractivity contribution in [2.24, 2.45) is 11.7 Å². The molecule has 1 heterocycles. The van der Waals surface area contributed by atoms with Gasteiger partial charge in [-0.25, -0.2) is 0 Å². The molecule has 0 aromatic rings. The van der Waals surface area contributed by atoms with Crippen molar-refractivity contribution in [1.82, 2.24) is 10.6 Å². The fourth-order valence-electron chi connectivity index (χ4n) is 1.44. The molecule has 0 radical (unpaired) electrons. The maximum Gasteiger partial charge on any atom is 0.286 e. The van der Waals surface area contributed by atoms with Crippen LogP contribution in [0.2, 0.25) is 0 Å². The average Bonchev–Trinajstić information content (AvgIpc) is 2.73. The van der Waals surface area contributed by atoms with E-state index in [1.807, 2.05) is 0 Å². The molecule has 1 rings (SSSR count). The summed E-state index contributed by atoms with van der Waals surface area (Å²) in [6.07, 6.45) is 5.76. The molecule has 2 atom stereocenters. The highest BCUT2D eigenvalue weighted by Crippen LogP contribution is 2.12. The quantitative estimate of drug-likeness (QED) is 0.371. The fraction of sp³-hybridized carbons (Fsp3) is 0.500. The van der Waals surface area contributed by atoms with Gasteiger partial charge in [0.2, 0.25) is 11.7 Å². The lowest BCUT2D eigenvalue weighted by atomic mass is 10.1. The van der Waals surface area contributed by atoms with E-state index < -0.39 is 17.7 Å². The molecule has 0 spiro atoms. The van der Waals surface area contributed by atoms with Gasteiger partial charge in [0.25, 0.3) is 5.91 Å². The summed E-state index contributed by atoms with van der Waals surface area (Å²) in [5.41, 5.74) is 4.74. The number of primary amides is 1. The number of Topliss-reactive ketones (excluding diaryl/α,β-unsaturated/α-hetero) is 1. The van der Waals surface area contributed by atoms with Gasteiger partial charge in [-0.1, -0.05) is 0 Å². The summed E-state index contributed by atoms with van der Waals surface area (Å²) < 4.78 is 0. The first kappa shape index (κ1) is 12.2. The van der Waals surface area contributed by atoms with Gasteiger partial charge in [-0.2, -0.15) is 0 Å². The zero-order valence-electron chi connectivity index (χ0n) is 8.66. The molecule has 0 aromatic carbocycles. The number of nitrogens with two attached hydrogens (primary N) is 1. The minimum absolute atomic E-state index is 0.0302. The average molecular weight is 223 g/mol. The zero-order valence-corrected chi connectivity index (χ0v) is 8.66. The van der Waals surface area contributed by atoms with Crippen LogP contribution in [0.25, 0.3) is 0 Å². The van der Waals surface area contributed by atoms with Crippen molar-refractivity contribution >= 4 is 17.6 Å². The van der Waals surface area contributed by atoms with Crippen molar-refractivity contribution in [3.63, 3.8) is 0 Å². The number of ketones is 1. The van der Waals surface area contributed by atoms with Gasteiger partial charge < -0.3 is 16.4 Å². The summed E-state index contributed by atoms with van der Waals surface area (Å²) in [5.74, 6) is 0.364. The van der Waals surface area contributed by atoms with Gasteiger partial charge in [0.1, 0.15) is 0 Å². The van der Waals surface area contributed by atoms with Crippen LogP contribution in [0.1, 0.15) is 6.42 Å². The van der Waals surface area contributed by atoms with Crippen LogP contribution >= 0.6 is 0 Å². The molecule has 0 aromatic heterocycles. The highest BCUT2D eigenvalue weighted by Gasteiger charge is 2.28. The largest absolute Gasteiger partial charge is 0.363 e. The fourth-order valence-corrected chi connectivity index (χ4v) is 1.44. The molecule has 1 fully saturated rings. The molecule has 2 amide bonds. The van der Waals surface area contributed by atoms with Crippen LogP contribution in [-0.2, 0) is 14.4 Å². The molecule has 4 N–H and O–H groups in total. The number of carbonyl (C=O) groups excluding carboxylic acids is 3. The Morgan fingerprint density at radius 2 is 2.19 bits per heavy atom. The number of amides is 2. The van der Waals surface area contributed by atoms with Crippen LogP contribution < -0.4 is 16.4 Å². The van der Waals surface area contributed by atoms with Gasteiger partial charge >= 0.3 is 0 Å². The van der Waals surface area contributed by atoms with E-state index in [0.717, 1.165) is 0 Å². The first-order chi connectivity index (χ1) is 7.54. The summed E-state index contributed by atoms with van der Waals surface area (Å²) in [7, 11) is 0. The van der Waals surface area contributed by atoms with Crippen LogP contribution in [0.3, 0.4) is 0 Å². The van der Waals surface area contributed by atoms with E-state index in [0.29, 0.717) is 13.0 Å². The summed E-state index contributed by atoms with van der Waals surface area (Å²) in [6, 6.07) is -0.401. The maximum absolute atomic E-state index is 11.5. The number of nitrogens with one attached hydrogen (secondary N) is 2. The second-order valence-corrected chi connectivity index (χ2v) is 3.57. The van der Waals surface area contributed by atoms with Gasteiger partial charge in [0.15, 0.2) is 0 Å². The van der Waals surface area contributed by atoms with Gasteiger partial charge in [-0.15, -0.1) is 12.3 Å². The number of carbonyl (C=O) groups is 3. The van der Waals surface area contributed by atoms with E-state index >= 15 is 0 Å². The minimum atomic E-state index is -1.05. The van der Waals surface area contributed by atoms with E-state index in [-0.39, 0.29) is 18.4 Å². The third-order valence-electron chi connectivity index (χ3n) is 2.38. The number of terminal acetylenes is 1. The Balaban J connectivity index is 2.35. The summed E-state index contributed by atoms with van der Waals surface area (Å²) in [6.45, 7) is 0.214. The summed E-state index contributed by atoms with van der Waals surface area (Å²) in [4.78, 5) is 32.7. The Kier molecular flexibility index (Phi) is 4.03. The third kappa shape index (κ3) is 3.07. The Bertz CT molecular complexity index is 359. The second kappa shape index (κ2) is 5.28. The first-order valence-electron chi connectivity index (χ1n) is 4.84. The Labute approximate surface area is 92.9 Å². The lowest BCUT2D eigenvalue weighted by molar-refractivity contribution is -0.136. The molecule has 0 aliphatic carbocycles. The van der Waals surface area contributed by atoms with Crippen LogP contribution in [0.4, 0.5) is 0 Å². The third-order valence-corrected chi connectivity index (χ3v) is 2.38. The minimum Gasteiger partial charge on any atom is -0.363 e. The predicted molar refractivity (Wildman–Crippen MR) is 55.9 cm³/mol. The molecule has 0 saturated carbocycles. The molecule has 1 aliphatic rings. The summed E-state index contributed by atoms with van der Waals surface area (Å²) >= 11 is 0. The number of hydrogen-bond acceptors (Lipinski definition) is 4. The van der Waals surface area contributed by atoms with Crippen molar-refractivity contribution in [1.29, 1.82) is 0 Å². The van der Waals surface area contributed by atoms with E-state index in [9.17, 15) is 14.4 Å². The maximum atomic E-state index is 11.5. The molecule has 16 heavy (non-hydrogen) atoms. The Morgan fingerprint density at radius 3 is 2.69 bits per heavy atom. The molecule has 1 saturated heterocycles. The van der Waals surface area contributed by atoms with Gasteiger partial charge in [0.05, 0.1) is 12.6 Å². The van der Waals surface area contributed by atoms with Crippen LogP contribution in [0.15, 0.2) is 0 Å². The van der Waals surface area contributed by atoms with Crippen LogP contribution in [0, 0.1) is 18.3 Å². The van der Waals surface area contributed by atoms with Crippen molar-refractivity contribution in [2.45, 2.75) is 12.5 Å². The smallest absolute Gasteiger partial charge is 0.286 e. The van der Waals surface area contributed by atoms with E-state index in [1.54, 1.807) is 0 Å². The second-order valence-electron chi connectivity index (χ2n) is 3.57. The Morgan fingerprint density at radius 1 is 1.50 bits per heavy atom. The van der Waals surface area contributed by atoms with E-state index in [4.69, 9.17) is 12.2 Å². The Hall–Kier alpha value is -1.87. The van der Waals surface area contributed by atoms with Gasteiger partial charge in [0, 0.05) is 12.5 Å². The highest BCUT2D eigenvalue weighted by molar-refractivity contribution is 6.36. The summed E-state index contributed by atoms with van der Waals surface area (Å²) in [5, 5.41) is 5.26. The van der Waals surface area contributed by atoms with Crippen molar-refractivity contribution < 1.29 is 14.4 Å². The SMILES string of the molecule is C#CC1CN[C@H](C(=O)NCC(=O)C(N)=O)C1. The molecule has 1 unspecified atom stereocenters. The van der Waals surface area contributed by atoms with Crippen molar-refractivity contribution in [3.05, 3.63) is 0 Å². The lowest BCUT2D eigenvalue weighted by Crippen LogP contribution is -2.44. The predicted octanol–water partition coefficient (Wildman–Crippen LogP) is -2.23. The molecule has 6 heteroatoms. The molecular formula is C10H13N3O3. The molecule has 86 valence electrons. The number of hydrogen-bond donors (Lipinski definition) is 3. The van der Waals surface area contributed by atoms with Gasteiger partial charge in [-0.05, 0) is 6.42 Å². The molecular weight excluding hydrogens is 210 g/mol. The van der Waals surface area contributed by atoms with Crippen molar-refractivity contribution in [2.75, 3.05) is 13.1 Å². The topological polar surface area (TPSA) is 101 Å². The molecule has 6 nitrogen and oxygen atoms in total. The van der Waals surface area contributed by atoms with Crippen molar-refractivity contribution in [3.8, 4) is 12.3 Å². The van der Waals surface area contributed by atoms with E-state index in [1.165, 1.54) is 0 Å². The first-order valence-corrected chi connectivity index (χ1v) is 4.84. The zero-order chi connectivity index (χ0) is 12.1. The van der Waals surface area contributed by atoms with Crippen LogP contribution in [-0.4, -0.2) is 36.7 Å². The molecule has 0 bridgehead atoms. The monoisotopic (exact) mass is 223 g/mol. The normalized spacial score (nSPS) is 23.4. The van der Waals surface area contributed by atoms with E-state index in [2.05, 4.69) is 16.6 Å². The van der Waals surface area contributed by atoms with Gasteiger partial charge in [-0.3, -0.25) is 14.4 Å². The molecule has 1 aliphatic heterocycles. The number of rotatable bonds is 4. The standard InChI is InChI=1S/C10H13N3O3/c1-2-6-3-7(12-4-6)10(16)13-5-8(14)9(11)15/h1,6-7,12H,3-5H2,(H2,11,15)(H,13,16)/t6?,7-/m0/s1. The highest BCUT2D eigenvalue weighted by atomic mass is 16.2. The lowest BCUT2D eigenvalue weighted by Gasteiger charge is -2.09.